The molecule has 1 heterocycles. The van der Waals surface area contributed by atoms with E-state index in [0.717, 1.165) is 31.4 Å². The van der Waals surface area contributed by atoms with Gasteiger partial charge in [-0.05, 0) is 44.2 Å². The summed E-state index contributed by atoms with van der Waals surface area (Å²) in [6.07, 6.45) is 3.62. The third-order valence-corrected chi connectivity index (χ3v) is 4.76. The molecule has 1 unspecified atom stereocenters. The second-order valence-electron chi connectivity index (χ2n) is 5.64. The number of nitrogens with zero attached hydrogens (tertiary/aromatic N) is 1. The molecule has 1 saturated carbocycles. The van der Waals surface area contributed by atoms with Crippen LogP contribution in [0.1, 0.15) is 31.7 Å². The molecule has 1 aliphatic heterocycles. The monoisotopic (exact) mass is 274 g/mol. The second kappa shape index (κ2) is 4.30. The van der Waals surface area contributed by atoms with Gasteiger partial charge in [0.25, 0.3) is 0 Å². The second-order valence-corrected chi connectivity index (χ2v) is 6.08. The first-order chi connectivity index (χ1) is 9.06. The number of amides is 1. The molecule has 1 fully saturated rings. The van der Waals surface area contributed by atoms with Crippen LogP contribution in [-0.4, -0.2) is 16.9 Å². The number of thiocarbonyl (C=S) groups is 1. The summed E-state index contributed by atoms with van der Waals surface area (Å²) in [6, 6.07) is 8.35. The number of carbonyl (C=O) groups excluding carboxylic acids is 1. The number of fused-ring (bicyclic) bond motifs is 1. The van der Waals surface area contributed by atoms with Crippen LogP contribution < -0.4 is 10.6 Å². The molecular weight excluding hydrogens is 256 g/mol. The quantitative estimate of drug-likeness (QED) is 0.843. The molecule has 1 aromatic carbocycles. The lowest BCUT2D eigenvalue weighted by molar-refractivity contribution is -0.122. The van der Waals surface area contributed by atoms with E-state index in [1.54, 1.807) is 0 Å². The summed E-state index contributed by atoms with van der Waals surface area (Å²) in [5.74, 6) is 0.0969. The molecule has 3 rings (SSSR count). The van der Waals surface area contributed by atoms with E-state index in [4.69, 9.17) is 18.0 Å². The van der Waals surface area contributed by atoms with Crippen molar-refractivity contribution in [1.29, 1.82) is 0 Å². The van der Waals surface area contributed by atoms with Crippen LogP contribution in [0.25, 0.3) is 0 Å². The lowest BCUT2D eigenvalue weighted by Gasteiger charge is -2.37. The van der Waals surface area contributed by atoms with E-state index in [2.05, 4.69) is 13.0 Å². The highest BCUT2D eigenvalue weighted by atomic mass is 32.1. The number of benzene rings is 1. The van der Waals surface area contributed by atoms with E-state index in [9.17, 15) is 4.79 Å². The Kier molecular flexibility index (Phi) is 2.86. The molecule has 1 aliphatic carbocycles. The predicted octanol–water partition coefficient (Wildman–Crippen LogP) is 2.42. The van der Waals surface area contributed by atoms with Crippen molar-refractivity contribution in [2.24, 2.45) is 11.1 Å². The number of anilines is 1. The molecule has 0 radical (unpaired) electrons. The molecule has 1 atom stereocenters. The first-order valence-electron chi connectivity index (χ1n) is 6.78. The van der Waals surface area contributed by atoms with Crippen LogP contribution >= 0.6 is 12.2 Å². The first kappa shape index (κ1) is 12.6. The van der Waals surface area contributed by atoms with Crippen molar-refractivity contribution >= 4 is 28.8 Å². The molecule has 3 nitrogen and oxygen atoms in total. The van der Waals surface area contributed by atoms with Crippen molar-refractivity contribution in [3.05, 3.63) is 29.8 Å². The SMILES string of the molecule is CC1CCc2ccccc2N1C(=O)C1(C(N)=S)CC1. The normalized spacial score (nSPS) is 23.6. The van der Waals surface area contributed by atoms with E-state index in [0.29, 0.717) is 4.99 Å². The van der Waals surface area contributed by atoms with Crippen LogP contribution in [0.4, 0.5) is 5.69 Å². The Morgan fingerprint density at radius 2 is 2.11 bits per heavy atom. The molecule has 2 aliphatic rings. The van der Waals surface area contributed by atoms with Crippen LogP contribution in [-0.2, 0) is 11.2 Å². The Morgan fingerprint density at radius 3 is 2.74 bits per heavy atom. The maximum Gasteiger partial charge on any atom is 0.240 e. The Bertz CT molecular complexity index is 551. The third kappa shape index (κ3) is 1.86. The van der Waals surface area contributed by atoms with Crippen LogP contribution in [0.5, 0.6) is 0 Å². The van der Waals surface area contributed by atoms with E-state index in [1.165, 1.54) is 5.56 Å². The fourth-order valence-corrected chi connectivity index (χ4v) is 3.21. The third-order valence-electron chi connectivity index (χ3n) is 4.37. The zero-order valence-corrected chi connectivity index (χ0v) is 11.9. The van der Waals surface area contributed by atoms with Crippen molar-refractivity contribution in [2.75, 3.05) is 4.90 Å². The molecular formula is C15H18N2OS. The summed E-state index contributed by atoms with van der Waals surface area (Å²) in [5, 5.41) is 0. The fourth-order valence-electron chi connectivity index (χ4n) is 2.92. The molecule has 1 aromatic rings. The van der Waals surface area contributed by atoms with Crippen LogP contribution in [0.2, 0.25) is 0 Å². The van der Waals surface area contributed by atoms with Gasteiger partial charge in [-0.15, -0.1) is 0 Å². The van der Waals surface area contributed by atoms with Gasteiger partial charge in [-0.2, -0.15) is 0 Å². The molecule has 4 heteroatoms. The van der Waals surface area contributed by atoms with Crippen molar-refractivity contribution in [1.82, 2.24) is 0 Å². The van der Waals surface area contributed by atoms with Gasteiger partial charge in [0.1, 0.15) is 0 Å². The zero-order valence-electron chi connectivity index (χ0n) is 11.1. The minimum absolute atomic E-state index is 0.0969. The van der Waals surface area contributed by atoms with E-state index in [1.807, 2.05) is 23.1 Å². The van der Waals surface area contributed by atoms with Crippen molar-refractivity contribution in [3.63, 3.8) is 0 Å². The minimum Gasteiger partial charge on any atom is -0.392 e. The number of carbonyl (C=O) groups is 1. The Balaban J connectivity index is 2.00. The zero-order chi connectivity index (χ0) is 13.6. The number of rotatable bonds is 2. The van der Waals surface area contributed by atoms with Gasteiger partial charge in [0.2, 0.25) is 5.91 Å². The van der Waals surface area contributed by atoms with Gasteiger partial charge in [0.05, 0.1) is 10.4 Å². The first-order valence-corrected chi connectivity index (χ1v) is 7.18. The summed E-state index contributed by atoms with van der Waals surface area (Å²) >= 11 is 5.11. The summed E-state index contributed by atoms with van der Waals surface area (Å²) in [4.78, 5) is 15.1. The largest absolute Gasteiger partial charge is 0.392 e. The maximum absolute atomic E-state index is 12.9. The maximum atomic E-state index is 12.9. The molecule has 19 heavy (non-hydrogen) atoms. The van der Waals surface area contributed by atoms with E-state index >= 15 is 0 Å². The number of nitrogens with two attached hydrogens (primary N) is 1. The molecule has 0 bridgehead atoms. The Morgan fingerprint density at radius 1 is 1.42 bits per heavy atom. The average molecular weight is 274 g/mol. The molecule has 0 aromatic heterocycles. The highest BCUT2D eigenvalue weighted by Gasteiger charge is 2.55. The van der Waals surface area contributed by atoms with Gasteiger partial charge in [0.15, 0.2) is 0 Å². The van der Waals surface area contributed by atoms with Gasteiger partial charge in [0, 0.05) is 11.7 Å². The number of aryl methyl sites for hydroxylation is 1. The highest BCUT2D eigenvalue weighted by Crippen LogP contribution is 2.49. The van der Waals surface area contributed by atoms with E-state index < -0.39 is 5.41 Å². The molecule has 0 saturated heterocycles. The summed E-state index contributed by atoms with van der Waals surface area (Å²) in [7, 11) is 0. The van der Waals surface area contributed by atoms with Crippen molar-refractivity contribution in [3.8, 4) is 0 Å². The summed E-state index contributed by atoms with van der Waals surface area (Å²) in [5.41, 5.74) is 7.51. The van der Waals surface area contributed by atoms with Gasteiger partial charge in [-0.3, -0.25) is 4.79 Å². The molecule has 1 amide bonds. The van der Waals surface area contributed by atoms with Crippen LogP contribution in [0.15, 0.2) is 24.3 Å². The Labute approximate surface area is 118 Å². The van der Waals surface area contributed by atoms with Crippen LogP contribution in [0, 0.1) is 5.41 Å². The molecule has 100 valence electrons. The van der Waals surface area contributed by atoms with Crippen LogP contribution in [0.3, 0.4) is 0 Å². The van der Waals surface area contributed by atoms with Crippen molar-refractivity contribution < 1.29 is 4.79 Å². The standard InChI is InChI=1S/C15H18N2OS/c1-10-6-7-11-4-2-3-5-12(11)17(10)14(18)15(8-9-15)13(16)19/h2-5,10H,6-9H2,1H3,(H2,16,19). The van der Waals surface area contributed by atoms with Gasteiger partial charge in [-0.1, -0.05) is 30.4 Å². The lowest BCUT2D eigenvalue weighted by atomic mass is 9.94. The highest BCUT2D eigenvalue weighted by molar-refractivity contribution is 7.80. The summed E-state index contributed by atoms with van der Waals surface area (Å²) < 4.78 is 0. The van der Waals surface area contributed by atoms with Gasteiger partial charge < -0.3 is 10.6 Å². The minimum atomic E-state index is -0.561. The number of hydrogen-bond donors (Lipinski definition) is 1. The van der Waals surface area contributed by atoms with Gasteiger partial charge >= 0.3 is 0 Å². The Hall–Kier alpha value is -1.42. The molecule has 2 N–H and O–H groups in total. The fraction of sp³-hybridized carbons (Fsp3) is 0.467. The predicted molar refractivity (Wildman–Crippen MR) is 80.2 cm³/mol. The topological polar surface area (TPSA) is 46.3 Å². The lowest BCUT2D eigenvalue weighted by Crippen LogP contribution is -2.49. The van der Waals surface area contributed by atoms with Gasteiger partial charge in [-0.25, -0.2) is 0 Å². The summed E-state index contributed by atoms with van der Waals surface area (Å²) in [6.45, 7) is 2.10. The molecule has 0 spiro atoms. The van der Waals surface area contributed by atoms with Crippen molar-refractivity contribution in [2.45, 2.75) is 38.6 Å². The average Bonchev–Trinajstić information content (AvgIpc) is 3.19. The number of para-hydroxylation sites is 1. The number of hydrogen-bond acceptors (Lipinski definition) is 2. The van der Waals surface area contributed by atoms with E-state index in [-0.39, 0.29) is 11.9 Å². The smallest absolute Gasteiger partial charge is 0.240 e.